The van der Waals surface area contributed by atoms with Gasteiger partial charge in [0, 0.05) is 75.6 Å². The molecule has 0 amide bonds. The van der Waals surface area contributed by atoms with Crippen LogP contribution in [-0.4, -0.2) is 75.2 Å². The molecule has 0 N–H and O–H groups in total. The van der Waals surface area contributed by atoms with E-state index >= 15 is 0 Å². The van der Waals surface area contributed by atoms with Gasteiger partial charge in [-0.2, -0.15) is 0 Å². The van der Waals surface area contributed by atoms with Crippen LogP contribution in [0.3, 0.4) is 0 Å². The van der Waals surface area contributed by atoms with Crippen molar-refractivity contribution in [1.29, 1.82) is 0 Å². The van der Waals surface area contributed by atoms with Crippen LogP contribution in [0.4, 0.5) is 11.5 Å². The summed E-state index contributed by atoms with van der Waals surface area (Å²) in [6, 6.07) is 4.30. The van der Waals surface area contributed by atoms with Gasteiger partial charge in [-0.1, -0.05) is 0 Å². The number of nitrogens with zero attached hydrogens (tertiary/aromatic N) is 4. The molecule has 0 radical (unpaired) electrons. The van der Waals surface area contributed by atoms with E-state index in [0.29, 0.717) is 11.8 Å². The summed E-state index contributed by atoms with van der Waals surface area (Å²) in [4.78, 5) is 22.1. The lowest BCUT2D eigenvalue weighted by atomic mass is 9.73. The minimum absolute atomic E-state index is 0.444. The fourth-order valence-electron chi connectivity index (χ4n) is 4.02. The Hall–Kier alpha value is -1.66. The molecule has 1 aromatic heterocycles. The van der Waals surface area contributed by atoms with Gasteiger partial charge in [0.15, 0.2) is 0 Å². The first-order valence-electron chi connectivity index (χ1n) is 8.48. The number of carbonyl (C=O) groups is 1. The van der Waals surface area contributed by atoms with Gasteiger partial charge in [0.1, 0.15) is 12.1 Å². The molecule has 0 bridgehead atoms. The number of hydrogen-bond donors (Lipinski definition) is 0. The van der Waals surface area contributed by atoms with E-state index in [0.717, 1.165) is 71.1 Å². The van der Waals surface area contributed by atoms with Crippen LogP contribution in [0.1, 0.15) is 6.42 Å². The number of likely N-dealkylation sites (tertiary alicyclic amines) is 1. The van der Waals surface area contributed by atoms with Crippen molar-refractivity contribution < 1.29 is 9.53 Å². The summed E-state index contributed by atoms with van der Waals surface area (Å²) in [5.41, 5.74) is 1.69. The molecule has 1 aromatic rings. The van der Waals surface area contributed by atoms with E-state index in [2.05, 4.69) is 31.8 Å². The highest BCUT2D eigenvalue weighted by Crippen LogP contribution is 2.41. The van der Waals surface area contributed by atoms with Crippen molar-refractivity contribution >= 4 is 17.8 Å². The molecule has 1 spiro atoms. The lowest BCUT2D eigenvalue weighted by Gasteiger charge is -2.60. The molecule has 0 unspecified atom stereocenters. The van der Waals surface area contributed by atoms with Crippen molar-refractivity contribution in [2.24, 2.45) is 5.41 Å². The Morgan fingerprint density at radius 1 is 1.17 bits per heavy atom. The van der Waals surface area contributed by atoms with E-state index in [1.54, 1.807) is 0 Å². The van der Waals surface area contributed by atoms with E-state index in [4.69, 9.17) is 4.74 Å². The van der Waals surface area contributed by atoms with Gasteiger partial charge in [0.05, 0.1) is 13.2 Å². The minimum Gasteiger partial charge on any atom is -0.378 e. The third kappa shape index (κ3) is 2.93. The Labute approximate surface area is 137 Å². The molecule has 3 aliphatic rings. The molecule has 3 saturated heterocycles. The molecule has 6 nitrogen and oxygen atoms in total. The molecule has 4 rings (SSSR count). The van der Waals surface area contributed by atoms with E-state index < -0.39 is 0 Å². The van der Waals surface area contributed by atoms with Crippen molar-refractivity contribution in [2.45, 2.75) is 6.42 Å². The Balaban J connectivity index is 1.33. The molecule has 0 atom stereocenters. The average molecular weight is 316 g/mol. The van der Waals surface area contributed by atoms with Crippen LogP contribution < -0.4 is 9.80 Å². The van der Waals surface area contributed by atoms with Crippen LogP contribution in [0, 0.1) is 5.41 Å². The normalized spacial score (nSPS) is 23.5. The van der Waals surface area contributed by atoms with Gasteiger partial charge in [0.25, 0.3) is 0 Å². The van der Waals surface area contributed by atoms with Crippen molar-refractivity contribution in [3.8, 4) is 0 Å². The molecule has 0 aromatic carbocycles. The summed E-state index contributed by atoms with van der Waals surface area (Å²) >= 11 is 0. The largest absolute Gasteiger partial charge is 0.378 e. The summed E-state index contributed by atoms with van der Waals surface area (Å²) in [5.74, 6) is 1.09. The zero-order valence-corrected chi connectivity index (χ0v) is 13.5. The van der Waals surface area contributed by atoms with Gasteiger partial charge in [-0.05, 0) is 6.07 Å². The third-order valence-corrected chi connectivity index (χ3v) is 5.16. The number of rotatable bonds is 5. The van der Waals surface area contributed by atoms with Crippen molar-refractivity contribution in [2.75, 3.05) is 68.8 Å². The second-order valence-corrected chi connectivity index (χ2v) is 6.99. The zero-order valence-electron chi connectivity index (χ0n) is 13.5. The van der Waals surface area contributed by atoms with Crippen LogP contribution in [0.25, 0.3) is 0 Å². The Morgan fingerprint density at radius 2 is 1.96 bits per heavy atom. The minimum atomic E-state index is 0.444. The number of morpholine rings is 1. The van der Waals surface area contributed by atoms with Gasteiger partial charge in [0.2, 0.25) is 0 Å². The number of anilines is 2. The Bertz CT molecular complexity index is 559. The Kier molecular flexibility index (Phi) is 3.95. The molecule has 3 fully saturated rings. The summed E-state index contributed by atoms with van der Waals surface area (Å²) in [5, 5.41) is 0. The first-order chi connectivity index (χ1) is 11.3. The van der Waals surface area contributed by atoms with Gasteiger partial charge in [-0.15, -0.1) is 0 Å². The highest BCUT2D eigenvalue weighted by atomic mass is 16.5. The molecule has 6 heteroatoms. The molecule has 3 aliphatic heterocycles. The van der Waals surface area contributed by atoms with Gasteiger partial charge >= 0.3 is 0 Å². The molecule has 23 heavy (non-hydrogen) atoms. The second-order valence-electron chi connectivity index (χ2n) is 6.99. The predicted octanol–water partition coefficient (Wildman–Crippen LogP) is 0.629. The predicted molar refractivity (Wildman–Crippen MR) is 89.0 cm³/mol. The fourth-order valence-corrected chi connectivity index (χ4v) is 4.02. The maximum atomic E-state index is 10.4. The van der Waals surface area contributed by atoms with Crippen molar-refractivity contribution in [3.63, 3.8) is 0 Å². The zero-order chi connectivity index (χ0) is 15.7. The van der Waals surface area contributed by atoms with Gasteiger partial charge in [-0.3, -0.25) is 0 Å². The SMILES string of the molecule is O=CCCN1CC2(C1)CN(c1cc(N3CCOCC3)ccn1)C2. The van der Waals surface area contributed by atoms with Crippen LogP contribution in [-0.2, 0) is 9.53 Å². The lowest BCUT2D eigenvalue weighted by molar-refractivity contribution is -0.109. The molecular formula is C17H24N4O2. The quantitative estimate of drug-likeness (QED) is 0.743. The Morgan fingerprint density at radius 3 is 2.70 bits per heavy atom. The standard InChI is InChI=1S/C17H24N4O2/c22-7-1-4-19-11-17(12-19)13-21(14-17)16-10-15(2-3-18-16)20-5-8-23-9-6-20/h2-3,7,10H,1,4-6,8-9,11-14H2. The topological polar surface area (TPSA) is 48.9 Å². The highest BCUT2D eigenvalue weighted by molar-refractivity contribution is 5.57. The fraction of sp³-hybridized carbons (Fsp3) is 0.647. The van der Waals surface area contributed by atoms with Crippen molar-refractivity contribution in [3.05, 3.63) is 18.3 Å². The molecule has 4 heterocycles. The monoisotopic (exact) mass is 316 g/mol. The van der Waals surface area contributed by atoms with E-state index in [-0.39, 0.29) is 0 Å². The van der Waals surface area contributed by atoms with Crippen LogP contribution in [0.5, 0.6) is 0 Å². The highest BCUT2D eigenvalue weighted by Gasteiger charge is 2.51. The number of hydrogen-bond acceptors (Lipinski definition) is 6. The number of carbonyl (C=O) groups excluding carboxylic acids is 1. The maximum absolute atomic E-state index is 10.4. The molecule has 0 saturated carbocycles. The van der Waals surface area contributed by atoms with Gasteiger partial charge < -0.3 is 24.2 Å². The van der Waals surface area contributed by atoms with E-state index in [1.807, 2.05) is 6.20 Å². The number of aldehydes is 1. The van der Waals surface area contributed by atoms with Crippen LogP contribution >= 0.6 is 0 Å². The summed E-state index contributed by atoms with van der Waals surface area (Å²) in [6.45, 7) is 8.87. The molecular weight excluding hydrogens is 292 g/mol. The van der Waals surface area contributed by atoms with Crippen LogP contribution in [0.15, 0.2) is 18.3 Å². The summed E-state index contributed by atoms with van der Waals surface area (Å²) in [7, 11) is 0. The van der Waals surface area contributed by atoms with E-state index in [1.165, 1.54) is 5.69 Å². The van der Waals surface area contributed by atoms with Crippen molar-refractivity contribution in [1.82, 2.24) is 9.88 Å². The summed E-state index contributed by atoms with van der Waals surface area (Å²) in [6.07, 6.45) is 3.59. The second kappa shape index (κ2) is 6.09. The number of aromatic nitrogens is 1. The number of ether oxygens (including phenoxy) is 1. The number of pyridine rings is 1. The first-order valence-corrected chi connectivity index (χ1v) is 8.48. The summed E-state index contributed by atoms with van der Waals surface area (Å²) < 4.78 is 5.42. The van der Waals surface area contributed by atoms with Crippen LogP contribution in [0.2, 0.25) is 0 Å². The maximum Gasteiger partial charge on any atom is 0.130 e. The first kappa shape index (κ1) is 14.9. The third-order valence-electron chi connectivity index (χ3n) is 5.16. The van der Waals surface area contributed by atoms with Gasteiger partial charge in [-0.25, -0.2) is 4.98 Å². The average Bonchev–Trinajstić information content (AvgIpc) is 2.53. The molecule has 0 aliphatic carbocycles. The smallest absolute Gasteiger partial charge is 0.130 e. The molecule has 124 valence electrons. The lowest BCUT2D eigenvalue weighted by Crippen LogP contribution is -2.72. The van der Waals surface area contributed by atoms with E-state index in [9.17, 15) is 4.79 Å².